The minimum absolute atomic E-state index is 0.507. The number of nitrogens with zero attached hydrogens (tertiary/aromatic N) is 4. The van der Waals surface area contributed by atoms with Crippen molar-refractivity contribution in [2.45, 2.75) is 53.9 Å². The average molecular weight is 274 g/mol. The second-order valence-electron chi connectivity index (χ2n) is 4.24. The van der Waals surface area contributed by atoms with Crippen molar-refractivity contribution in [2.24, 2.45) is 0 Å². The molecule has 0 N–H and O–H groups in total. The van der Waals surface area contributed by atoms with Gasteiger partial charge in [-0.2, -0.15) is 0 Å². The molecule has 0 aliphatic rings. The molecule has 110 valence electrons. The van der Waals surface area contributed by atoms with Crippen molar-refractivity contribution >= 4 is 0 Å². The molecule has 2 aromatic rings. The van der Waals surface area contributed by atoms with Crippen LogP contribution < -0.4 is 0 Å². The Morgan fingerprint density at radius 1 is 1.05 bits per heavy atom. The van der Waals surface area contributed by atoms with Crippen LogP contribution in [0.5, 0.6) is 0 Å². The highest BCUT2D eigenvalue weighted by atomic mass is 14.9. The van der Waals surface area contributed by atoms with Crippen LogP contribution in [0.1, 0.15) is 57.7 Å². The Morgan fingerprint density at radius 2 is 1.75 bits per heavy atom. The number of rotatable bonds is 2. The molecule has 0 spiro atoms. The highest BCUT2D eigenvalue weighted by molar-refractivity contribution is 5.02. The van der Waals surface area contributed by atoms with E-state index >= 15 is 0 Å². The lowest BCUT2D eigenvalue weighted by molar-refractivity contribution is 0.814. The Bertz CT molecular complexity index is 455. The van der Waals surface area contributed by atoms with E-state index in [9.17, 15) is 0 Å². The van der Waals surface area contributed by atoms with Crippen LogP contribution in [0.25, 0.3) is 0 Å². The summed E-state index contributed by atoms with van der Waals surface area (Å²) in [6.07, 6.45) is 6.13. The van der Waals surface area contributed by atoms with E-state index in [0.717, 1.165) is 23.6 Å². The van der Waals surface area contributed by atoms with Crippen molar-refractivity contribution in [1.82, 2.24) is 19.9 Å². The van der Waals surface area contributed by atoms with Gasteiger partial charge in [0.1, 0.15) is 12.2 Å². The summed E-state index contributed by atoms with van der Waals surface area (Å²) >= 11 is 0. The van der Waals surface area contributed by atoms with E-state index in [4.69, 9.17) is 0 Å². The second-order valence-corrected chi connectivity index (χ2v) is 4.24. The van der Waals surface area contributed by atoms with Gasteiger partial charge in [0, 0.05) is 23.8 Å². The molecule has 20 heavy (non-hydrogen) atoms. The smallest absolute Gasteiger partial charge is 0.125 e. The summed E-state index contributed by atoms with van der Waals surface area (Å²) in [6, 6.07) is 3.87. The van der Waals surface area contributed by atoms with Gasteiger partial charge in [-0.15, -0.1) is 0 Å². The first kappa shape index (κ1) is 18.2. The third-order valence-electron chi connectivity index (χ3n) is 2.39. The summed E-state index contributed by atoms with van der Waals surface area (Å²) in [5, 5.41) is 0. The minimum atomic E-state index is 0.507. The predicted molar refractivity (Wildman–Crippen MR) is 83.6 cm³/mol. The van der Waals surface area contributed by atoms with Crippen LogP contribution >= 0.6 is 0 Å². The van der Waals surface area contributed by atoms with E-state index < -0.39 is 0 Å². The first-order valence-electron chi connectivity index (χ1n) is 7.18. The van der Waals surface area contributed by atoms with E-state index in [1.807, 2.05) is 32.9 Å². The molecule has 0 fully saturated rings. The monoisotopic (exact) mass is 274 g/mol. The minimum Gasteiger partial charge on any atom is -0.245 e. The maximum atomic E-state index is 4.18. The molecule has 0 aliphatic heterocycles. The van der Waals surface area contributed by atoms with E-state index in [-0.39, 0.29) is 0 Å². The van der Waals surface area contributed by atoms with Crippen LogP contribution in [0.4, 0.5) is 0 Å². The Morgan fingerprint density at radius 3 is 2.10 bits per heavy atom. The lowest BCUT2D eigenvalue weighted by Crippen LogP contribution is -1.91. The molecule has 0 aromatic carbocycles. The van der Waals surface area contributed by atoms with Crippen LogP contribution in [0.3, 0.4) is 0 Å². The van der Waals surface area contributed by atoms with Crippen molar-refractivity contribution in [3.05, 3.63) is 48.1 Å². The van der Waals surface area contributed by atoms with Gasteiger partial charge in [-0.25, -0.2) is 19.9 Å². The normalized spacial score (nSPS) is 9.15. The van der Waals surface area contributed by atoms with Crippen LogP contribution in [-0.4, -0.2) is 19.9 Å². The maximum absolute atomic E-state index is 4.18. The van der Waals surface area contributed by atoms with Crippen LogP contribution in [0.15, 0.2) is 30.9 Å². The summed E-state index contributed by atoms with van der Waals surface area (Å²) in [7, 11) is 0. The van der Waals surface area contributed by atoms with E-state index in [1.165, 1.54) is 0 Å². The Labute approximate surface area is 122 Å². The van der Waals surface area contributed by atoms with Gasteiger partial charge in [0.05, 0.1) is 0 Å². The molecule has 2 rings (SSSR count). The van der Waals surface area contributed by atoms with Gasteiger partial charge in [0.15, 0.2) is 0 Å². The van der Waals surface area contributed by atoms with E-state index in [1.54, 1.807) is 18.7 Å². The molecule has 0 amide bonds. The van der Waals surface area contributed by atoms with E-state index in [0.29, 0.717) is 5.92 Å². The Kier molecular flexibility index (Phi) is 10.0. The van der Waals surface area contributed by atoms with Gasteiger partial charge >= 0.3 is 0 Å². The highest BCUT2D eigenvalue weighted by Gasteiger charge is 1.96. The summed E-state index contributed by atoms with van der Waals surface area (Å²) in [6.45, 7) is 12.2. The fourth-order valence-corrected chi connectivity index (χ4v) is 1.34. The van der Waals surface area contributed by atoms with Crippen LogP contribution in [-0.2, 0) is 6.42 Å². The average Bonchev–Trinajstić information content (AvgIpc) is 2.51. The van der Waals surface area contributed by atoms with Crippen molar-refractivity contribution in [2.75, 3.05) is 0 Å². The zero-order valence-corrected chi connectivity index (χ0v) is 13.5. The first-order valence-corrected chi connectivity index (χ1v) is 7.18. The van der Waals surface area contributed by atoms with E-state index in [2.05, 4.69) is 40.7 Å². The molecule has 0 radical (unpaired) electrons. The highest BCUT2D eigenvalue weighted by Crippen LogP contribution is 2.07. The molecule has 0 atom stereocenters. The molecule has 4 heteroatoms. The maximum Gasteiger partial charge on any atom is 0.125 e. The molecule has 0 bridgehead atoms. The van der Waals surface area contributed by atoms with Gasteiger partial charge in [-0.3, -0.25) is 0 Å². The lowest BCUT2D eigenvalue weighted by Gasteiger charge is -1.99. The molecule has 4 nitrogen and oxygen atoms in total. The molecule has 2 heterocycles. The topological polar surface area (TPSA) is 51.6 Å². The number of hydrogen-bond acceptors (Lipinski definition) is 4. The summed E-state index contributed by atoms with van der Waals surface area (Å²) in [5.74, 6) is 1.36. The summed E-state index contributed by atoms with van der Waals surface area (Å²) in [4.78, 5) is 16.0. The Hall–Kier alpha value is -1.84. The van der Waals surface area contributed by atoms with Crippen molar-refractivity contribution < 1.29 is 0 Å². The van der Waals surface area contributed by atoms with Gasteiger partial charge in [0.2, 0.25) is 0 Å². The second kappa shape index (κ2) is 11.0. The van der Waals surface area contributed by atoms with Gasteiger partial charge < -0.3 is 0 Å². The van der Waals surface area contributed by atoms with Crippen molar-refractivity contribution in [3.8, 4) is 0 Å². The largest absolute Gasteiger partial charge is 0.245 e. The lowest BCUT2D eigenvalue weighted by atomic mass is 10.1. The van der Waals surface area contributed by atoms with Gasteiger partial charge in [-0.05, 0) is 31.4 Å². The number of aryl methyl sites for hydroxylation is 2. The molecular formula is C16H26N4. The third-order valence-corrected chi connectivity index (χ3v) is 2.39. The number of aromatic nitrogens is 4. The van der Waals surface area contributed by atoms with Gasteiger partial charge in [-0.1, -0.05) is 34.6 Å². The predicted octanol–water partition coefficient (Wildman–Crippen LogP) is 3.97. The fourth-order valence-electron chi connectivity index (χ4n) is 1.34. The standard InChI is InChI=1S/2C7H10N2.C2H6/c1-6(2)7-3-4-8-5-9-7;1-3-7-4-5-8-6(2)9-7;1-2/h3-6H,1-2H3;4-5H,3H2,1-2H3;1-2H3. The number of hydrogen-bond donors (Lipinski definition) is 0. The van der Waals surface area contributed by atoms with Gasteiger partial charge in [0.25, 0.3) is 0 Å². The van der Waals surface area contributed by atoms with Crippen molar-refractivity contribution in [3.63, 3.8) is 0 Å². The zero-order valence-electron chi connectivity index (χ0n) is 13.5. The fraction of sp³-hybridized carbons (Fsp3) is 0.500. The molecule has 0 saturated carbocycles. The Balaban J connectivity index is 0.000000321. The molecule has 0 saturated heterocycles. The molecule has 0 unspecified atom stereocenters. The molecular weight excluding hydrogens is 248 g/mol. The summed E-state index contributed by atoms with van der Waals surface area (Å²) in [5.41, 5.74) is 2.22. The zero-order chi connectivity index (χ0) is 15.4. The first-order chi connectivity index (χ1) is 9.63. The summed E-state index contributed by atoms with van der Waals surface area (Å²) < 4.78 is 0. The third kappa shape index (κ3) is 7.56. The quantitative estimate of drug-likeness (QED) is 0.831. The van der Waals surface area contributed by atoms with Crippen molar-refractivity contribution in [1.29, 1.82) is 0 Å². The molecule has 0 aliphatic carbocycles. The molecule has 2 aromatic heterocycles. The SMILES string of the molecule is CC.CC(C)c1ccncn1.CCc1ccnc(C)n1. The van der Waals surface area contributed by atoms with Crippen LogP contribution in [0, 0.1) is 6.92 Å². The van der Waals surface area contributed by atoms with Crippen LogP contribution in [0.2, 0.25) is 0 Å².